The minimum atomic E-state index is 0.658. The molecule has 27 aromatic rings. The Labute approximate surface area is 858 Å². The fraction of sp³-hybridized carbons (Fsp3) is 0. The Morgan fingerprint density at radius 3 is 0.939 bits per heavy atom. The molecule has 0 spiro atoms. The van der Waals surface area contributed by atoms with Crippen molar-refractivity contribution in [1.29, 1.82) is 0 Å². The molecule has 13 nitrogen and oxygen atoms in total. The number of anilines is 21. The van der Waals surface area contributed by atoms with E-state index in [0.29, 0.717) is 5.95 Å². The third kappa shape index (κ3) is 14.7. The highest BCUT2D eigenvalue weighted by atomic mass is 32.2. The van der Waals surface area contributed by atoms with Crippen LogP contribution in [0.3, 0.4) is 0 Å². The van der Waals surface area contributed by atoms with Crippen LogP contribution in [-0.2, 0) is 0 Å². The highest BCUT2D eigenvalue weighted by Crippen LogP contribution is 2.64. The summed E-state index contributed by atoms with van der Waals surface area (Å²) in [6, 6.07) is 176. The van der Waals surface area contributed by atoms with E-state index in [1.54, 1.807) is 6.20 Å². The third-order valence-electron chi connectivity index (χ3n) is 28.8. The van der Waals surface area contributed by atoms with Gasteiger partial charge in [0.25, 0.3) is 0 Å². The van der Waals surface area contributed by atoms with E-state index < -0.39 is 0 Å². The van der Waals surface area contributed by atoms with E-state index in [4.69, 9.17) is 24.9 Å². The van der Waals surface area contributed by atoms with Crippen LogP contribution in [0, 0.1) is 0 Å². The minimum Gasteiger partial charge on any atom is -0.306 e. The van der Waals surface area contributed by atoms with Crippen molar-refractivity contribution in [3.05, 3.63) is 528 Å². The predicted octanol–water partition coefficient (Wildman–Crippen LogP) is 37.2. The molecule has 4 aliphatic heterocycles. The van der Waals surface area contributed by atoms with Crippen LogP contribution in [0.2, 0.25) is 0 Å². The standard InChI is InChI=1S/C36H24N4.C35H23N3.C34H22N4.C29H18N2S/c1-2-12-27(13-3-1)39-33-21-17-26-11-5-7-15-30(26)36(33)40(34-22-18-25-10-4-6-14-29(25)35(34)39)28-19-20-32(38-24-28)31-16-8-9-23-37-31;1-2-13-27(14-3-1)37-32-20-18-25-11-5-8-16-30(25)35(32)38(28-22-26-12-6-9-17-31(26)36-23-28)33-21-19-24-10-4-7-15-29(24)34(33)37;1-2-13-26(14-3-1)37-30-20-18-24-11-5-8-16-28(24)33(30)38(34-35-22-25-12-6-9-17-29(25)36-34)31-21-19-23-10-4-7-15-27(23)32(31)37;1-4-10-22-19(7-1)14-16-26-27(22)31(29-24-12-6-3-9-21(24)17-18-30-29)25-15-13-20-8-2-5-11-23(20)28(25)32-26/h1-24H;1-23H;1-22H;1-18H. The average Bonchev–Trinajstić information content (AvgIpc) is 0.718. The molecule has 0 atom stereocenters. The van der Waals surface area contributed by atoms with Gasteiger partial charge in [-0.15, -0.1) is 0 Å². The molecule has 0 saturated carbocycles. The summed E-state index contributed by atoms with van der Waals surface area (Å²) in [5.74, 6) is 1.63. The van der Waals surface area contributed by atoms with Gasteiger partial charge in [0.15, 0.2) is 0 Å². The first-order valence-electron chi connectivity index (χ1n) is 49.8. The lowest BCUT2D eigenvalue weighted by atomic mass is 9.97. The first-order chi connectivity index (χ1) is 73.5. The molecule has 0 aliphatic carbocycles. The predicted molar refractivity (Wildman–Crippen MR) is 618 cm³/mol. The minimum absolute atomic E-state index is 0.658. The molecular formula is C134H87N13S. The van der Waals surface area contributed by atoms with Crippen LogP contribution in [0.25, 0.3) is 130 Å². The van der Waals surface area contributed by atoms with Crippen molar-refractivity contribution >= 4 is 250 Å². The molecule has 0 amide bonds. The van der Waals surface area contributed by atoms with Crippen LogP contribution in [0.1, 0.15) is 0 Å². The van der Waals surface area contributed by atoms with E-state index in [-0.39, 0.29) is 0 Å². The Morgan fingerprint density at radius 2 is 0.500 bits per heavy atom. The number of hydrogen-bond acceptors (Lipinski definition) is 14. The van der Waals surface area contributed by atoms with Gasteiger partial charge in [-0.2, -0.15) is 0 Å². The van der Waals surface area contributed by atoms with Gasteiger partial charge in [-0.25, -0.2) is 15.0 Å². The number of pyridine rings is 4. The van der Waals surface area contributed by atoms with Crippen LogP contribution in [0.15, 0.2) is 538 Å². The zero-order valence-electron chi connectivity index (χ0n) is 80.0. The summed E-state index contributed by atoms with van der Waals surface area (Å²) in [7, 11) is 0. The van der Waals surface area contributed by atoms with Crippen molar-refractivity contribution in [2.75, 3.05) is 34.3 Å². The van der Waals surface area contributed by atoms with Gasteiger partial charge in [0.1, 0.15) is 5.82 Å². The maximum atomic E-state index is 5.08. The second-order valence-corrected chi connectivity index (χ2v) is 38.3. The Bertz CT molecular complexity index is 9640. The first-order valence-corrected chi connectivity index (χ1v) is 50.7. The summed E-state index contributed by atoms with van der Waals surface area (Å²) < 4.78 is 0. The SMILES string of the molecule is c1ccc(N2c3ccc4ccccc4c3N(c3ccc(-c4ccccn4)nc3)c3ccc4ccccc4c32)cc1.c1ccc(N2c3ccc4ccccc4c3N(c3cnc4ccccc4c3)c3ccc4ccccc4c32)cc1.c1ccc(N2c3ccc4ccccc4c3N(c3ncc4ccccc4n3)c3ccc4ccccc4c32)cc1.c1ccc2c(N3c4ccc5ccccc5c4Sc4ccc5ccccc5c43)nccc2c1. The molecule has 148 heavy (non-hydrogen) atoms. The third-order valence-corrected chi connectivity index (χ3v) is 30.0. The monoisotopic (exact) mass is 1910 g/mol. The largest absolute Gasteiger partial charge is 0.306 e. The number of para-hydroxylation sites is 5. The molecule has 5 aromatic heterocycles. The highest BCUT2D eigenvalue weighted by Gasteiger charge is 2.40. The van der Waals surface area contributed by atoms with Crippen molar-refractivity contribution in [2.24, 2.45) is 0 Å². The van der Waals surface area contributed by atoms with Crippen LogP contribution in [0.5, 0.6) is 0 Å². The first kappa shape index (κ1) is 86.2. The molecule has 0 fully saturated rings. The van der Waals surface area contributed by atoms with Gasteiger partial charge in [-0.3, -0.25) is 24.8 Å². The van der Waals surface area contributed by atoms with Gasteiger partial charge in [-0.05, 0) is 187 Å². The van der Waals surface area contributed by atoms with Gasteiger partial charge in [0, 0.05) is 99.3 Å². The molecule has 4 aliphatic rings. The molecule has 0 N–H and O–H groups in total. The number of nitrogens with zero attached hydrogens (tertiary/aromatic N) is 13. The molecule has 0 saturated heterocycles. The molecule has 14 heteroatoms. The summed E-state index contributed by atoms with van der Waals surface area (Å²) in [6.07, 6.45) is 9.62. The molecule has 694 valence electrons. The maximum Gasteiger partial charge on any atom is 0.235 e. The van der Waals surface area contributed by atoms with E-state index in [0.717, 1.165) is 141 Å². The second-order valence-electron chi connectivity index (χ2n) is 37.2. The smallest absolute Gasteiger partial charge is 0.235 e. The molecule has 31 rings (SSSR count). The molecule has 0 bridgehead atoms. The number of benzene rings is 22. The summed E-state index contributed by atoms with van der Waals surface area (Å²) >= 11 is 1.86. The van der Waals surface area contributed by atoms with Crippen molar-refractivity contribution in [3.63, 3.8) is 0 Å². The van der Waals surface area contributed by atoms with E-state index in [9.17, 15) is 0 Å². The zero-order valence-corrected chi connectivity index (χ0v) is 80.8. The van der Waals surface area contributed by atoms with Crippen LogP contribution >= 0.6 is 11.8 Å². The van der Waals surface area contributed by atoms with E-state index in [2.05, 4.69) is 494 Å². The van der Waals surface area contributed by atoms with E-state index >= 15 is 0 Å². The molecule has 22 aromatic carbocycles. The number of fused-ring (bicyclic) bond motifs is 27. The van der Waals surface area contributed by atoms with Gasteiger partial charge in [0.05, 0.1) is 126 Å². The van der Waals surface area contributed by atoms with Crippen LogP contribution in [-0.4, -0.2) is 29.9 Å². The zero-order chi connectivity index (χ0) is 97.6. The lowest BCUT2D eigenvalue weighted by Gasteiger charge is -2.41. The lowest BCUT2D eigenvalue weighted by Crippen LogP contribution is -2.25. The Hall–Kier alpha value is -19.7. The molecule has 0 unspecified atom stereocenters. The maximum absolute atomic E-state index is 5.08. The quantitative estimate of drug-likeness (QED) is 0.144. The lowest BCUT2D eigenvalue weighted by molar-refractivity contribution is 1.09. The summed E-state index contributed by atoms with van der Waals surface area (Å²) in [4.78, 5) is 48.3. The van der Waals surface area contributed by atoms with Gasteiger partial charge in [0.2, 0.25) is 5.95 Å². The van der Waals surface area contributed by atoms with Gasteiger partial charge >= 0.3 is 0 Å². The number of aromatic nitrogens is 6. The summed E-state index contributed by atoms with van der Waals surface area (Å²) in [6.45, 7) is 0. The average molecular weight is 1910 g/mol. The van der Waals surface area contributed by atoms with E-state index in [1.165, 1.54) is 113 Å². The Balaban J connectivity index is 0.0000000954. The molecule has 0 radical (unpaired) electrons. The highest BCUT2D eigenvalue weighted by molar-refractivity contribution is 8.00. The fourth-order valence-corrected chi connectivity index (χ4v) is 23.4. The van der Waals surface area contributed by atoms with Crippen molar-refractivity contribution in [3.8, 4) is 11.4 Å². The Kier molecular flexibility index (Phi) is 21.2. The fourth-order valence-electron chi connectivity index (χ4n) is 22.2. The van der Waals surface area contributed by atoms with Gasteiger partial charge in [-0.1, -0.05) is 376 Å². The van der Waals surface area contributed by atoms with Crippen LogP contribution in [0.4, 0.5) is 120 Å². The second kappa shape index (κ2) is 36.4. The Morgan fingerprint density at radius 1 is 0.169 bits per heavy atom. The van der Waals surface area contributed by atoms with E-state index in [1.807, 2.05) is 79.0 Å². The summed E-state index contributed by atoms with van der Waals surface area (Å²) in [5.41, 5.74) is 24.9. The van der Waals surface area contributed by atoms with Gasteiger partial charge < -0.3 is 24.5 Å². The molecule has 9 heterocycles. The number of hydrogen-bond donors (Lipinski definition) is 0. The van der Waals surface area contributed by atoms with Crippen molar-refractivity contribution in [1.82, 2.24) is 29.9 Å². The molecular weight excluding hydrogens is 1820 g/mol. The van der Waals surface area contributed by atoms with Crippen LogP contribution < -0.4 is 34.3 Å². The van der Waals surface area contributed by atoms with Crippen molar-refractivity contribution in [2.45, 2.75) is 9.79 Å². The number of rotatable bonds is 8. The normalized spacial score (nSPS) is 12.6. The summed E-state index contributed by atoms with van der Waals surface area (Å²) in [5, 5.41) is 23.8. The van der Waals surface area contributed by atoms with Crippen molar-refractivity contribution < 1.29 is 0 Å². The topological polar surface area (TPSA) is 100 Å².